The molecule has 0 saturated heterocycles. The standard InChI is InChI=1S/C69H129NO5/c1-3-5-7-9-11-13-15-16-17-18-19-20-21-23-26-29-32-35-38-42-45-49-53-57-61-67(72)66(65-71)70-68(73)62-58-54-50-46-43-39-36-33-30-27-24-22-25-28-31-34-37-40-44-48-52-56-60-64-75-69(74)63-59-55-51-47-41-14-12-10-8-6-4-2/h10,12,22,25,27,30,57,61,66-67,71-72H,3-9,11,13-21,23-24,26,28-29,31-56,58-60,62-65H2,1-2H3,(H,70,73)/b12-10-,25-22-,30-27-,61-57+. The number of hydrogen-bond acceptors (Lipinski definition) is 5. The summed E-state index contributed by atoms with van der Waals surface area (Å²) in [5, 5.41) is 23.2. The molecule has 0 aliphatic carbocycles. The van der Waals surface area contributed by atoms with Gasteiger partial charge < -0.3 is 20.3 Å². The van der Waals surface area contributed by atoms with Crippen LogP contribution in [-0.4, -0.2) is 47.4 Å². The van der Waals surface area contributed by atoms with Crippen molar-refractivity contribution in [3.8, 4) is 0 Å². The quantitative estimate of drug-likeness (QED) is 0.0320. The van der Waals surface area contributed by atoms with Crippen molar-refractivity contribution in [2.75, 3.05) is 13.2 Å². The summed E-state index contributed by atoms with van der Waals surface area (Å²) in [5.74, 6) is -0.0803. The highest BCUT2D eigenvalue weighted by Gasteiger charge is 2.18. The summed E-state index contributed by atoms with van der Waals surface area (Å²) in [5.41, 5.74) is 0. The fraction of sp³-hybridized carbons (Fsp3) is 0.855. The summed E-state index contributed by atoms with van der Waals surface area (Å²) in [6, 6.07) is -0.638. The van der Waals surface area contributed by atoms with Crippen molar-refractivity contribution in [3.05, 3.63) is 48.6 Å². The van der Waals surface area contributed by atoms with Crippen molar-refractivity contribution < 1.29 is 24.5 Å². The minimum Gasteiger partial charge on any atom is -0.466 e. The van der Waals surface area contributed by atoms with Crippen LogP contribution in [0.4, 0.5) is 0 Å². The first kappa shape index (κ1) is 72.8. The van der Waals surface area contributed by atoms with Crippen LogP contribution in [0.5, 0.6) is 0 Å². The summed E-state index contributed by atoms with van der Waals surface area (Å²) in [6.45, 7) is 4.88. The molecule has 0 heterocycles. The van der Waals surface area contributed by atoms with E-state index in [1.54, 1.807) is 6.08 Å². The van der Waals surface area contributed by atoms with E-state index >= 15 is 0 Å². The van der Waals surface area contributed by atoms with Crippen molar-refractivity contribution >= 4 is 11.9 Å². The number of esters is 1. The Morgan fingerprint density at radius 1 is 0.373 bits per heavy atom. The van der Waals surface area contributed by atoms with E-state index in [-0.39, 0.29) is 18.5 Å². The second-order valence-electron chi connectivity index (χ2n) is 22.8. The van der Waals surface area contributed by atoms with Gasteiger partial charge in [0.2, 0.25) is 5.91 Å². The Morgan fingerprint density at radius 3 is 1.07 bits per heavy atom. The normalized spacial score (nSPS) is 12.9. The van der Waals surface area contributed by atoms with Crippen LogP contribution in [0.3, 0.4) is 0 Å². The van der Waals surface area contributed by atoms with Gasteiger partial charge in [-0.05, 0) is 83.5 Å². The van der Waals surface area contributed by atoms with E-state index in [9.17, 15) is 19.8 Å². The molecule has 0 rings (SSSR count). The smallest absolute Gasteiger partial charge is 0.305 e. The molecule has 0 saturated carbocycles. The largest absolute Gasteiger partial charge is 0.466 e. The van der Waals surface area contributed by atoms with Gasteiger partial charge in [-0.15, -0.1) is 0 Å². The van der Waals surface area contributed by atoms with Crippen molar-refractivity contribution in [1.29, 1.82) is 0 Å². The van der Waals surface area contributed by atoms with Crippen LogP contribution in [0.25, 0.3) is 0 Å². The SMILES string of the molecule is CCCC/C=C\CCCCCCCC(=O)OCCCCCCCCCCC/C=C\C/C=C\CCCCCCCCCC(=O)NC(CO)C(O)/C=C/CCCCCCCCCCCCCCCCCCCCCCCC. The summed E-state index contributed by atoms with van der Waals surface area (Å²) < 4.78 is 5.45. The maximum absolute atomic E-state index is 12.5. The number of allylic oxidation sites excluding steroid dienone is 7. The fourth-order valence-electron chi connectivity index (χ4n) is 10.2. The van der Waals surface area contributed by atoms with E-state index in [4.69, 9.17) is 4.74 Å². The van der Waals surface area contributed by atoms with Gasteiger partial charge in [-0.25, -0.2) is 0 Å². The number of carbonyl (C=O) groups is 2. The number of unbranched alkanes of at least 4 members (excludes halogenated alkanes) is 45. The number of hydrogen-bond donors (Lipinski definition) is 3. The Bertz CT molecular complexity index is 1260. The molecule has 0 aromatic rings. The third kappa shape index (κ3) is 60.9. The summed E-state index contributed by atoms with van der Waals surface area (Å²) >= 11 is 0. The van der Waals surface area contributed by atoms with Gasteiger partial charge in [-0.3, -0.25) is 9.59 Å². The molecule has 0 aliphatic heterocycles. The molecule has 0 radical (unpaired) electrons. The van der Waals surface area contributed by atoms with Gasteiger partial charge >= 0.3 is 5.97 Å². The number of aliphatic hydroxyl groups excluding tert-OH is 2. The van der Waals surface area contributed by atoms with E-state index in [1.165, 1.54) is 263 Å². The lowest BCUT2D eigenvalue weighted by Crippen LogP contribution is -2.45. The maximum Gasteiger partial charge on any atom is 0.305 e. The Labute approximate surface area is 467 Å². The highest BCUT2D eigenvalue weighted by atomic mass is 16.5. The fourth-order valence-corrected chi connectivity index (χ4v) is 10.2. The van der Waals surface area contributed by atoms with Gasteiger partial charge in [-0.2, -0.15) is 0 Å². The lowest BCUT2D eigenvalue weighted by atomic mass is 10.0. The van der Waals surface area contributed by atoms with Gasteiger partial charge in [0, 0.05) is 12.8 Å². The first-order valence-electron chi connectivity index (χ1n) is 33.4. The monoisotopic (exact) mass is 1050 g/mol. The topological polar surface area (TPSA) is 95.9 Å². The van der Waals surface area contributed by atoms with E-state index in [2.05, 4.69) is 55.6 Å². The molecule has 0 bridgehead atoms. The zero-order valence-corrected chi connectivity index (χ0v) is 50.3. The molecule has 3 N–H and O–H groups in total. The van der Waals surface area contributed by atoms with Gasteiger partial charge in [0.25, 0.3) is 0 Å². The predicted molar refractivity (Wildman–Crippen MR) is 329 cm³/mol. The van der Waals surface area contributed by atoms with Crippen LogP contribution in [-0.2, 0) is 14.3 Å². The molecule has 1 amide bonds. The summed E-state index contributed by atoms with van der Waals surface area (Å²) in [4.78, 5) is 24.5. The number of nitrogens with one attached hydrogen (secondary N) is 1. The van der Waals surface area contributed by atoms with E-state index in [0.717, 1.165) is 64.2 Å². The molecular formula is C69H129NO5. The maximum atomic E-state index is 12.5. The molecule has 6 nitrogen and oxygen atoms in total. The van der Waals surface area contributed by atoms with Gasteiger partial charge in [0.15, 0.2) is 0 Å². The predicted octanol–water partition coefficient (Wildman–Crippen LogP) is 21.3. The van der Waals surface area contributed by atoms with Crippen LogP contribution in [0.2, 0.25) is 0 Å². The van der Waals surface area contributed by atoms with Crippen LogP contribution in [0.15, 0.2) is 48.6 Å². The zero-order valence-electron chi connectivity index (χ0n) is 50.3. The second-order valence-corrected chi connectivity index (χ2v) is 22.8. The average molecular weight is 1050 g/mol. The molecule has 440 valence electrons. The molecule has 0 aromatic heterocycles. The van der Waals surface area contributed by atoms with E-state index < -0.39 is 12.1 Å². The van der Waals surface area contributed by atoms with Crippen molar-refractivity contribution in [2.45, 2.75) is 366 Å². The average Bonchev–Trinajstić information content (AvgIpc) is 3.41. The Morgan fingerprint density at radius 2 is 0.680 bits per heavy atom. The third-order valence-electron chi connectivity index (χ3n) is 15.3. The lowest BCUT2D eigenvalue weighted by molar-refractivity contribution is -0.143. The van der Waals surface area contributed by atoms with Crippen LogP contribution in [0.1, 0.15) is 354 Å². The molecule has 75 heavy (non-hydrogen) atoms. The van der Waals surface area contributed by atoms with Crippen LogP contribution >= 0.6 is 0 Å². The lowest BCUT2D eigenvalue weighted by Gasteiger charge is -2.20. The Balaban J connectivity index is 3.49. The molecule has 0 spiro atoms. The van der Waals surface area contributed by atoms with Crippen molar-refractivity contribution in [2.24, 2.45) is 0 Å². The van der Waals surface area contributed by atoms with E-state index in [1.807, 2.05) is 6.08 Å². The molecular weight excluding hydrogens is 923 g/mol. The highest BCUT2D eigenvalue weighted by molar-refractivity contribution is 5.76. The minimum absolute atomic E-state index is 0.00462. The first-order chi connectivity index (χ1) is 37.0. The van der Waals surface area contributed by atoms with Crippen LogP contribution in [0, 0.1) is 0 Å². The number of rotatable bonds is 62. The van der Waals surface area contributed by atoms with Gasteiger partial charge in [0.05, 0.1) is 25.4 Å². The molecule has 2 unspecified atom stereocenters. The van der Waals surface area contributed by atoms with E-state index in [0.29, 0.717) is 19.4 Å². The van der Waals surface area contributed by atoms with Gasteiger partial charge in [-0.1, -0.05) is 306 Å². The Kier molecular flexibility index (Phi) is 62.5. The molecule has 2 atom stereocenters. The number of amides is 1. The number of carbonyl (C=O) groups excluding carboxylic acids is 2. The van der Waals surface area contributed by atoms with Crippen molar-refractivity contribution in [1.82, 2.24) is 5.32 Å². The third-order valence-corrected chi connectivity index (χ3v) is 15.3. The zero-order chi connectivity index (χ0) is 54.3. The Hall–Kier alpha value is -2.18. The number of ether oxygens (including phenoxy) is 1. The summed E-state index contributed by atoms with van der Waals surface area (Å²) in [7, 11) is 0. The molecule has 0 aromatic carbocycles. The minimum atomic E-state index is -0.853. The van der Waals surface area contributed by atoms with Crippen LogP contribution < -0.4 is 5.32 Å². The number of aliphatic hydroxyl groups is 2. The summed E-state index contributed by atoms with van der Waals surface area (Å²) in [6.07, 6.45) is 83.1. The molecule has 6 heteroatoms. The highest BCUT2D eigenvalue weighted by Crippen LogP contribution is 2.17. The van der Waals surface area contributed by atoms with Crippen molar-refractivity contribution in [3.63, 3.8) is 0 Å². The molecule has 0 fully saturated rings. The van der Waals surface area contributed by atoms with Gasteiger partial charge in [0.1, 0.15) is 0 Å². The molecule has 0 aliphatic rings. The second kappa shape index (κ2) is 64.3. The first-order valence-corrected chi connectivity index (χ1v) is 33.4.